The molecule has 1 saturated heterocycles. The van der Waals surface area contributed by atoms with Crippen molar-refractivity contribution in [1.82, 2.24) is 0 Å². The van der Waals surface area contributed by atoms with Crippen LogP contribution in [0.1, 0.15) is 13.3 Å². The second-order valence-corrected chi connectivity index (χ2v) is 5.27. The number of carbonyl (C=O) groups is 1. The molecular formula is C13H15FN2O5. The van der Waals surface area contributed by atoms with E-state index in [1.54, 1.807) is 6.92 Å². The molecule has 1 aliphatic heterocycles. The minimum Gasteiger partial charge on any atom is -0.497 e. The van der Waals surface area contributed by atoms with Crippen LogP contribution in [0.2, 0.25) is 0 Å². The molecule has 1 aliphatic rings. The Balaban J connectivity index is 2.46. The summed E-state index contributed by atoms with van der Waals surface area (Å²) >= 11 is 0. The Labute approximate surface area is 120 Å². The fourth-order valence-electron chi connectivity index (χ4n) is 2.44. The fraction of sp³-hybridized carbons (Fsp3) is 0.462. The average Bonchev–Trinajstić information content (AvgIpc) is 2.81. The molecule has 0 aromatic heterocycles. The largest absolute Gasteiger partial charge is 0.497 e. The van der Waals surface area contributed by atoms with Crippen LogP contribution in [0.25, 0.3) is 0 Å². The van der Waals surface area contributed by atoms with Gasteiger partial charge in [0.25, 0.3) is 0 Å². The molecule has 0 aliphatic carbocycles. The van der Waals surface area contributed by atoms with E-state index in [1.807, 2.05) is 0 Å². The number of rotatable bonds is 4. The zero-order valence-corrected chi connectivity index (χ0v) is 11.6. The number of benzene rings is 1. The van der Waals surface area contributed by atoms with E-state index in [9.17, 15) is 24.4 Å². The third-order valence-corrected chi connectivity index (χ3v) is 3.77. The van der Waals surface area contributed by atoms with Gasteiger partial charge in [0.15, 0.2) is 0 Å². The van der Waals surface area contributed by atoms with Gasteiger partial charge in [-0.25, -0.2) is 0 Å². The zero-order chi connectivity index (χ0) is 15.8. The lowest BCUT2D eigenvalue weighted by Crippen LogP contribution is -2.32. The van der Waals surface area contributed by atoms with Crippen LogP contribution in [0.5, 0.6) is 5.75 Å². The van der Waals surface area contributed by atoms with Gasteiger partial charge in [0, 0.05) is 25.2 Å². The molecule has 8 heteroatoms. The number of aliphatic carboxylic acids is 1. The van der Waals surface area contributed by atoms with Crippen molar-refractivity contribution in [3.05, 3.63) is 28.1 Å². The number of halogens is 1. The van der Waals surface area contributed by atoms with E-state index >= 15 is 0 Å². The van der Waals surface area contributed by atoms with Gasteiger partial charge in [0.2, 0.25) is 5.82 Å². The Morgan fingerprint density at radius 2 is 2.24 bits per heavy atom. The highest BCUT2D eigenvalue weighted by Gasteiger charge is 2.42. The maximum atomic E-state index is 13.9. The van der Waals surface area contributed by atoms with Crippen molar-refractivity contribution in [1.29, 1.82) is 0 Å². The summed E-state index contributed by atoms with van der Waals surface area (Å²) in [5.41, 5.74) is -1.62. The number of ether oxygens (including phenoxy) is 1. The molecule has 1 heterocycles. The lowest BCUT2D eigenvalue weighted by molar-refractivity contribution is -0.386. The van der Waals surface area contributed by atoms with Gasteiger partial charge >= 0.3 is 11.7 Å². The quantitative estimate of drug-likeness (QED) is 0.675. The molecule has 1 unspecified atom stereocenters. The van der Waals surface area contributed by atoms with Crippen LogP contribution < -0.4 is 9.64 Å². The predicted molar refractivity (Wildman–Crippen MR) is 72.2 cm³/mol. The Bertz CT molecular complexity index is 606. The number of carboxylic acid groups (broad SMARTS) is 1. The van der Waals surface area contributed by atoms with Crippen molar-refractivity contribution in [3.63, 3.8) is 0 Å². The van der Waals surface area contributed by atoms with E-state index in [4.69, 9.17) is 4.74 Å². The molecule has 1 aromatic carbocycles. The third-order valence-electron chi connectivity index (χ3n) is 3.77. The number of methoxy groups -OCH3 is 1. The van der Waals surface area contributed by atoms with Gasteiger partial charge in [0.05, 0.1) is 17.4 Å². The van der Waals surface area contributed by atoms with Gasteiger partial charge in [-0.2, -0.15) is 4.39 Å². The number of hydrogen-bond acceptors (Lipinski definition) is 5. The van der Waals surface area contributed by atoms with Crippen LogP contribution in [0.3, 0.4) is 0 Å². The Morgan fingerprint density at radius 3 is 2.71 bits per heavy atom. The summed E-state index contributed by atoms with van der Waals surface area (Å²) in [6, 6.07) is 2.29. The highest BCUT2D eigenvalue weighted by atomic mass is 19.1. The minimum absolute atomic E-state index is 0.0434. The maximum Gasteiger partial charge on any atom is 0.328 e. The van der Waals surface area contributed by atoms with Gasteiger partial charge in [-0.1, -0.05) is 0 Å². The summed E-state index contributed by atoms with van der Waals surface area (Å²) in [5, 5.41) is 20.3. The molecule has 0 bridgehead atoms. The van der Waals surface area contributed by atoms with E-state index in [0.29, 0.717) is 13.0 Å². The predicted octanol–water partition coefficient (Wildman–Crippen LogP) is 2.04. The van der Waals surface area contributed by atoms with Crippen LogP contribution in [0.15, 0.2) is 12.1 Å². The highest BCUT2D eigenvalue weighted by molar-refractivity contribution is 5.77. The van der Waals surface area contributed by atoms with Gasteiger partial charge in [-0.3, -0.25) is 14.9 Å². The van der Waals surface area contributed by atoms with Crippen molar-refractivity contribution >= 4 is 17.3 Å². The average molecular weight is 298 g/mol. The smallest absolute Gasteiger partial charge is 0.328 e. The lowest BCUT2D eigenvalue weighted by atomic mass is 9.90. The van der Waals surface area contributed by atoms with Crippen LogP contribution in [-0.4, -0.2) is 36.2 Å². The molecule has 1 fully saturated rings. The molecule has 21 heavy (non-hydrogen) atoms. The fourth-order valence-corrected chi connectivity index (χ4v) is 2.44. The SMILES string of the molecule is COc1cc(F)c([N+](=O)[O-])c(N2CCC(C)(C(=O)O)C2)c1. The molecule has 1 atom stereocenters. The number of anilines is 1. The summed E-state index contributed by atoms with van der Waals surface area (Å²) in [5.74, 6) is -1.83. The summed E-state index contributed by atoms with van der Waals surface area (Å²) in [4.78, 5) is 23.0. The number of nitro benzene ring substituents is 1. The first-order valence-electron chi connectivity index (χ1n) is 6.29. The molecule has 0 amide bonds. The monoisotopic (exact) mass is 298 g/mol. The number of nitrogens with zero attached hydrogens (tertiary/aromatic N) is 2. The first kappa shape index (κ1) is 15.0. The zero-order valence-electron chi connectivity index (χ0n) is 11.6. The van der Waals surface area contributed by atoms with E-state index in [1.165, 1.54) is 18.1 Å². The van der Waals surface area contributed by atoms with Crippen LogP contribution in [0.4, 0.5) is 15.8 Å². The maximum absolute atomic E-state index is 13.9. The molecule has 0 spiro atoms. The van der Waals surface area contributed by atoms with Crippen LogP contribution in [0, 0.1) is 21.3 Å². The van der Waals surface area contributed by atoms with Crippen molar-refractivity contribution in [3.8, 4) is 5.75 Å². The number of nitro groups is 1. The Kier molecular flexibility index (Phi) is 3.71. The Hall–Kier alpha value is -2.38. The highest BCUT2D eigenvalue weighted by Crippen LogP contribution is 2.40. The second kappa shape index (κ2) is 5.19. The number of carboxylic acids is 1. The molecule has 114 valence electrons. The molecule has 1 N–H and O–H groups in total. The molecule has 0 radical (unpaired) electrons. The standard InChI is InChI=1S/C13H15FN2O5/c1-13(12(17)18)3-4-15(7-13)10-6-8(21-2)5-9(14)11(10)16(19)20/h5-6H,3-4,7H2,1-2H3,(H,17,18). The van der Waals surface area contributed by atoms with Crippen molar-refractivity contribution in [2.75, 3.05) is 25.1 Å². The second-order valence-electron chi connectivity index (χ2n) is 5.27. The van der Waals surface area contributed by atoms with E-state index in [0.717, 1.165) is 6.07 Å². The summed E-state index contributed by atoms with van der Waals surface area (Å²) in [6.07, 6.45) is 0.332. The molecule has 2 rings (SSSR count). The van der Waals surface area contributed by atoms with Gasteiger partial charge in [0.1, 0.15) is 11.4 Å². The minimum atomic E-state index is -1.01. The summed E-state index contributed by atoms with van der Waals surface area (Å²) in [6.45, 7) is 1.95. The van der Waals surface area contributed by atoms with Gasteiger partial charge in [-0.05, 0) is 13.3 Å². The molecule has 7 nitrogen and oxygen atoms in total. The van der Waals surface area contributed by atoms with Crippen molar-refractivity contribution in [2.45, 2.75) is 13.3 Å². The van der Waals surface area contributed by atoms with Crippen LogP contribution >= 0.6 is 0 Å². The summed E-state index contributed by atoms with van der Waals surface area (Å²) < 4.78 is 18.8. The molecular weight excluding hydrogens is 283 g/mol. The van der Waals surface area contributed by atoms with E-state index in [-0.39, 0.29) is 18.0 Å². The normalized spacial score (nSPS) is 21.4. The van der Waals surface area contributed by atoms with Gasteiger partial charge < -0.3 is 14.7 Å². The third kappa shape index (κ3) is 2.61. The summed E-state index contributed by atoms with van der Waals surface area (Å²) in [7, 11) is 1.33. The van der Waals surface area contributed by atoms with E-state index < -0.39 is 27.8 Å². The lowest BCUT2D eigenvalue weighted by Gasteiger charge is -2.22. The van der Waals surface area contributed by atoms with Crippen LogP contribution in [-0.2, 0) is 4.79 Å². The molecule has 1 aromatic rings. The van der Waals surface area contributed by atoms with Crippen molar-refractivity contribution < 1.29 is 24.0 Å². The topological polar surface area (TPSA) is 92.9 Å². The molecule has 0 saturated carbocycles. The first-order chi connectivity index (χ1) is 9.78. The Morgan fingerprint density at radius 1 is 1.57 bits per heavy atom. The van der Waals surface area contributed by atoms with E-state index in [2.05, 4.69) is 0 Å². The van der Waals surface area contributed by atoms with Crippen molar-refractivity contribution in [2.24, 2.45) is 5.41 Å². The number of hydrogen-bond donors (Lipinski definition) is 1. The first-order valence-corrected chi connectivity index (χ1v) is 6.29. The van der Waals surface area contributed by atoms with Gasteiger partial charge in [-0.15, -0.1) is 0 Å².